The summed E-state index contributed by atoms with van der Waals surface area (Å²) in [4.78, 5) is 15.2. The Bertz CT molecular complexity index is 451. The van der Waals surface area contributed by atoms with Crippen LogP contribution in [0.15, 0.2) is 29.2 Å². The highest BCUT2D eigenvalue weighted by molar-refractivity contribution is 8.00. The van der Waals surface area contributed by atoms with Crippen LogP contribution >= 0.6 is 35.8 Å². The van der Waals surface area contributed by atoms with E-state index in [-0.39, 0.29) is 29.0 Å². The van der Waals surface area contributed by atoms with Gasteiger partial charge in [0.15, 0.2) is 0 Å². The summed E-state index contributed by atoms with van der Waals surface area (Å²) in [5, 5.41) is 0.574. The van der Waals surface area contributed by atoms with Crippen molar-refractivity contribution in [1.82, 2.24) is 4.90 Å². The summed E-state index contributed by atoms with van der Waals surface area (Å²) in [5.74, 6) is 0.117. The molecule has 0 aliphatic heterocycles. The maximum absolute atomic E-state index is 12.3. The minimum atomic E-state index is -0.130. The second-order valence-electron chi connectivity index (χ2n) is 5.78. The van der Waals surface area contributed by atoms with E-state index in [1.165, 1.54) is 0 Å². The van der Waals surface area contributed by atoms with Crippen molar-refractivity contribution < 1.29 is 4.79 Å². The SMILES string of the molecule is CC(Sc1ccc(Cl)cc1)C(=O)N(C)CC(C)(C)CN.Cl. The van der Waals surface area contributed by atoms with Crippen LogP contribution in [0.5, 0.6) is 0 Å². The van der Waals surface area contributed by atoms with Gasteiger partial charge in [-0.25, -0.2) is 0 Å². The number of carbonyl (C=O) groups excluding carboxylic acids is 1. The molecule has 0 fully saturated rings. The van der Waals surface area contributed by atoms with Gasteiger partial charge in [0.2, 0.25) is 5.91 Å². The van der Waals surface area contributed by atoms with Crippen molar-refractivity contribution in [3.63, 3.8) is 0 Å². The van der Waals surface area contributed by atoms with Crippen LogP contribution < -0.4 is 5.73 Å². The maximum atomic E-state index is 12.3. The Morgan fingerprint density at radius 3 is 2.38 bits per heavy atom. The van der Waals surface area contributed by atoms with Crippen molar-refractivity contribution in [2.75, 3.05) is 20.1 Å². The van der Waals surface area contributed by atoms with Gasteiger partial charge in [-0.15, -0.1) is 24.2 Å². The molecular weight excluding hydrogens is 327 g/mol. The first-order valence-electron chi connectivity index (χ1n) is 6.62. The van der Waals surface area contributed by atoms with Crippen molar-refractivity contribution in [3.05, 3.63) is 29.3 Å². The topological polar surface area (TPSA) is 46.3 Å². The second kappa shape index (κ2) is 8.89. The third-order valence-electron chi connectivity index (χ3n) is 3.07. The van der Waals surface area contributed by atoms with Crippen LogP contribution in [0.1, 0.15) is 20.8 Å². The van der Waals surface area contributed by atoms with E-state index in [1.54, 1.807) is 16.7 Å². The molecule has 1 aromatic carbocycles. The predicted molar refractivity (Wildman–Crippen MR) is 94.5 cm³/mol. The zero-order valence-electron chi connectivity index (χ0n) is 12.9. The first-order valence-corrected chi connectivity index (χ1v) is 7.88. The molecular formula is C15H24Cl2N2OS. The van der Waals surface area contributed by atoms with E-state index in [9.17, 15) is 4.79 Å². The van der Waals surface area contributed by atoms with E-state index in [1.807, 2.05) is 38.2 Å². The Labute approximate surface area is 143 Å². The van der Waals surface area contributed by atoms with E-state index in [0.29, 0.717) is 18.1 Å². The van der Waals surface area contributed by atoms with Gasteiger partial charge in [0.05, 0.1) is 5.25 Å². The molecule has 21 heavy (non-hydrogen) atoms. The third kappa shape index (κ3) is 6.92. The number of hydrogen-bond acceptors (Lipinski definition) is 3. The molecule has 0 bridgehead atoms. The molecule has 120 valence electrons. The Kier molecular flexibility index (Phi) is 8.71. The summed E-state index contributed by atoms with van der Waals surface area (Å²) < 4.78 is 0. The van der Waals surface area contributed by atoms with Crippen molar-refractivity contribution >= 4 is 41.7 Å². The van der Waals surface area contributed by atoms with Gasteiger partial charge in [0.25, 0.3) is 0 Å². The van der Waals surface area contributed by atoms with Gasteiger partial charge in [-0.2, -0.15) is 0 Å². The standard InChI is InChI=1S/C15H23ClN2OS.ClH/c1-11(20-13-7-5-12(16)6-8-13)14(19)18(4)10-15(2,3)9-17;/h5-8,11H,9-10,17H2,1-4H3;1H. The summed E-state index contributed by atoms with van der Waals surface area (Å²) in [6, 6.07) is 7.53. The fraction of sp³-hybridized carbons (Fsp3) is 0.533. The predicted octanol–water partition coefficient (Wildman–Crippen LogP) is 3.69. The molecule has 0 saturated carbocycles. The highest BCUT2D eigenvalue weighted by Gasteiger charge is 2.24. The zero-order chi connectivity index (χ0) is 15.3. The molecule has 0 aliphatic rings. The first kappa shape index (κ1) is 20.6. The summed E-state index contributed by atoms with van der Waals surface area (Å²) in [7, 11) is 1.83. The number of benzene rings is 1. The number of nitrogens with zero attached hydrogens (tertiary/aromatic N) is 1. The average molecular weight is 351 g/mol. The van der Waals surface area contributed by atoms with Crippen molar-refractivity contribution in [2.24, 2.45) is 11.1 Å². The quantitative estimate of drug-likeness (QED) is 0.795. The van der Waals surface area contributed by atoms with Crippen LogP contribution in [-0.2, 0) is 4.79 Å². The molecule has 1 aromatic rings. The lowest BCUT2D eigenvalue weighted by Crippen LogP contribution is -2.42. The van der Waals surface area contributed by atoms with Crippen LogP contribution in [0.25, 0.3) is 0 Å². The Hall–Kier alpha value is -0.420. The minimum Gasteiger partial charge on any atom is -0.344 e. The molecule has 0 aliphatic carbocycles. The second-order valence-corrected chi connectivity index (χ2v) is 7.63. The summed E-state index contributed by atoms with van der Waals surface area (Å²) >= 11 is 7.39. The number of nitrogens with two attached hydrogens (primary N) is 1. The molecule has 1 amide bonds. The van der Waals surface area contributed by atoms with Gasteiger partial charge >= 0.3 is 0 Å². The molecule has 0 spiro atoms. The number of thioether (sulfide) groups is 1. The Morgan fingerprint density at radius 1 is 1.38 bits per heavy atom. The molecule has 0 aromatic heterocycles. The zero-order valence-corrected chi connectivity index (χ0v) is 15.3. The highest BCUT2D eigenvalue weighted by atomic mass is 35.5. The smallest absolute Gasteiger partial charge is 0.235 e. The normalized spacial score (nSPS) is 12.5. The van der Waals surface area contributed by atoms with Gasteiger partial charge < -0.3 is 10.6 Å². The van der Waals surface area contributed by atoms with E-state index in [4.69, 9.17) is 17.3 Å². The molecule has 3 nitrogen and oxygen atoms in total. The van der Waals surface area contributed by atoms with E-state index in [0.717, 1.165) is 4.90 Å². The molecule has 0 heterocycles. The molecule has 0 radical (unpaired) electrons. The maximum Gasteiger partial charge on any atom is 0.235 e. The summed E-state index contributed by atoms with van der Waals surface area (Å²) in [6.45, 7) is 7.27. The monoisotopic (exact) mass is 350 g/mol. The fourth-order valence-electron chi connectivity index (χ4n) is 1.86. The summed E-state index contributed by atoms with van der Waals surface area (Å²) in [5.41, 5.74) is 5.65. The van der Waals surface area contributed by atoms with Crippen molar-refractivity contribution in [1.29, 1.82) is 0 Å². The van der Waals surface area contributed by atoms with Crippen molar-refractivity contribution in [3.8, 4) is 0 Å². The number of rotatable bonds is 6. The van der Waals surface area contributed by atoms with Gasteiger partial charge in [-0.3, -0.25) is 4.79 Å². The van der Waals surface area contributed by atoms with Crippen molar-refractivity contribution in [2.45, 2.75) is 30.9 Å². The van der Waals surface area contributed by atoms with Crippen LogP contribution in [0.2, 0.25) is 5.02 Å². The molecule has 6 heteroatoms. The highest BCUT2D eigenvalue weighted by Crippen LogP contribution is 2.26. The first-order chi connectivity index (χ1) is 9.25. The van der Waals surface area contributed by atoms with E-state index < -0.39 is 0 Å². The summed E-state index contributed by atoms with van der Waals surface area (Å²) in [6.07, 6.45) is 0. The Balaban J connectivity index is 0.00000400. The number of carbonyl (C=O) groups is 1. The fourth-order valence-corrected chi connectivity index (χ4v) is 2.97. The average Bonchev–Trinajstić information content (AvgIpc) is 2.40. The van der Waals surface area contributed by atoms with Gasteiger partial charge in [0, 0.05) is 23.5 Å². The van der Waals surface area contributed by atoms with Crippen LogP contribution in [0, 0.1) is 5.41 Å². The van der Waals surface area contributed by atoms with Crippen LogP contribution in [0.4, 0.5) is 0 Å². The lowest BCUT2D eigenvalue weighted by Gasteiger charge is -2.30. The van der Waals surface area contributed by atoms with E-state index in [2.05, 4.69) is 13.8 Å². The molecule has 1 unspecified atom stereocenters. The number of amides is 1. The molecule has 1 atom stereocenters. The molecule has 0 saturated heterocycles. The van der Waals surface area contributed by atoms with Gasteiger partial charge in [-0.1, -0.05) is 25.4 Å². The molecule has 1 rings (SSSR count). The lowest BCUT2D eigenvalue weighted by atomic mass is 9.93. The van der Waals surface area contributed by atoms with Gasteiger partial charge in [-0.05, 0) is 43.1 Å². The Morgan fingerprint density at radius 2 is 1.90 bits per heavy atom. The van der Waals surface area contributed by atoms with E-state index >= 15 is 0 Å². The largest absolute Gasteiger partial charge is 0.344 e. The minimum absolute atomic E-state index is 0. The third-order valence-corrected chi connectivity index (χ3v) is 4.42. The molecule has 2 N–H and O–H groups in total. The van der Waals surface area contributed by atoms with Gasteiger partial charge in [0.1, 0.15) is 0 Å². The number of hydrogen-bond donors (Lipinski definition) is 1. The van der Waals surface area contributed by atoms with Crippen LogP contribution in [-0.4, -0.2) is 36.2 Å². The van der Waals surface area contributed by atoms with Crippen LogP contribution in [0.3, 0.4) is 0 Å². The number of halogens is 2. The lowest BCUT2D eigenvalue weighted by molar-refractivity contribution is -0.130.